The maximum Gasteiger partial charge on any atom is 0.0700 e. The van der Waals surface area contributed by atoms with Crippen molar-refractivity contribution in [3.8, 4) is 0 Å². The summed E-state index contributed by atoms with van der Waals surface area (Å²) in [5.41, 5.74) is 9.70. The Balaban J connectivity index is 2.45. The highest BCUT2D eigenvalue weighted by atomic mass is 16.5. The average molecular weight is 283 g/mol. The Bertz CT molecular complexity index is 391. The number of rotatable bonds is 10. The highest BCUT2D eigenvalue weighted by Gasteiger charge is 2.13. The van der Waals surface area contributed by atoms with Gasteiger partial charge in [0.1, 0.15) is 0 Å². The van der Waals surface area contributed by atoms with Crippen LogP contribution in [0.1, 0.15) is 36.7 Å². The first-order chi connectivity index (χ1) is 9.60. The van der Waals surface area contributed by atoms with Gasteiger partial charge in [0.25, 0.3) is 0 Å². The van der Waals surface area contributed by atoms with Crippen molar-refractivity contribution in [1.29, 1.82) is 0 Å². The van der Waals surface area contributed by atoms with Crippen molar-refractivity contribution < 1.29 is 9.47 Å². The molecule has 0 aromatic carbocycles. The molecule has 20 heavy (non-hydrogen) atoms. The summed E-state index contributed by atoms with van der Waals surface area (Å²) < 4.78 is 12.5. The minimum absolute atomic E-state index is 0.224. The maximum atomic E-state index is 6.05. The lowest BCUT2D eigenvalue weighted by atomic mass is 10.0. The zero-order valence-electron chi connectivity index (χ0n) is 13.3. The molecule has 0 saturated carbocycles. The van der Waals surface area contributed by atoms with E-state index in [-0.39, 0.29) is 6.04 Å². The molecule has 1 aromatic rings. The summed E-state index contributed by atoms with van der Waals surface area (Å²) in [5.74, 6) is 0. The quantitative estimate of drug-likeness (QED) is 0.666. The van der Waals surface area contributed by atoms with E-state index < -0.39 is 0 Å². The van der Waals surface area contributed by atoms with Gasteiger partial charge in [-0.2, -0.15) is 5.10 Å². The third-order valence-corrected chi connectivity index (χ3v) is 3.61. The van der Waals surface area contributed by atoms with Gasteiger partial charge in [-0.1, -0.05) is 6.92 Å². The molecule has 0 aliphatic rings. The molecule has 5 nitrogen and oxygen atoms in total. The zero-order chi connectivity index (χ0) is 15.0. The highest BCUT2D eigenvalue weighted by molar-refractivity contribution is 5.25. The van der Waals surface area contributed by atoms with Crippen LogP contribution in [0, 0.1) is 13.8 Å². The van der Waals surface area contributed by atoms with Crippen LogP contribution in [0.5, 0.6) is 0 Å². The van der Waals surface area contributed by atoms with Crippen LogP contribution in [0.4, 0.5) is 0 Å². The van der Waals surface area contributed by atoms with E-state index in [1.807, 2.05) is 0 Å². The lowest BCUT2D eigenvalue weighted by molar-refractivity contribution is 0.0676. The van der Waals surface area contributed by atoms with E-state index in [9.17, 15) is 0 Å². The fraction of sp³-hybridized carbons (Fsp3) is 0.800. The molecule has 5 heteroatoms. The molecular weight excluding hydrogens is 254 g/mol. The van der Waals surface area contributed by atoms with Crippen LogP contribution in [0.15, 0.2) is 0 Å². The lowest BCUT2D eigenvalue weighted by Gasteiger charge is -2.09. The monoisotopic (exact) mass is 283 g/mol. The first kappa shape index (κ1) is 17.1. The second-order valence-corrected chi connectivity index (χ2v) is 5.20. The second-order valence-electron chi connectivity index (χ2n) is 5.20. The number of nitrogens with two attached hydrogens (primary N) is 1. The first-order valence-corrected chi connectivity index (χ1v) is 7.45. The first-order valence-electron chi connectivity index (χ1n) is 7.45. The highest BCUT2D eigenvalue weighted by Crippen LogP contribution is 2.16. The van der Waals surface area contributed by atoms with Gasteiger partial charge < -0.3 is 15.2 Å². The number of methoxy groups -OCH3 is 1. The van der Waals surface area contributed by atoms with Gasteiger partial charge in [-0.25, -0.2) is 0 Å². The molecule has 0 spiro atoms. The maximum absolute atomic E-state index is 6.05. The summed E-state index contributed by atoms with van der Waals surface area (Å²) in [4.78, 5) is 0. The van der Waals surface area contributed by atoms with Crippen LogP contribution >= 0.6 is 0 Å². The Labute approximate surface area is 122 Å². The van der Waals surface area contributed by atoms with Crippen molar-refractivity contribution in [1.82, 2.24) is 9.78 Å². The fourth-order valence-corrected chi connectivity index (χ4v) is 2.21. The topological polar surface area (TPSA) is 62.3 Å². The fourth-order valence-electron chi connectivity index (χ4n) is 2.21. The Kier molecular flexibility index (Phi) is 7.80. The molecule has 0 radical (unpaired) electrons. The molecule has 0 aliphatic heterocycles. The SMILES string of the molecule is CCC(N)Cc1c(C)nn(CCCOCCOC)c1C. The van der Waals surface area contributed by atoms with Gasteiger partial charge in [-0.3, -0.25) is 4.68 Å². The molecule has 116 valence electrons. The molecular formula is C15H29N3O2. The molecule has 1 aromatic heterocycles. The molecule has 1 atom stereocenters. The van der Waals surface area contributed by atoms with Crippen LogP contribution < -0.4 is 5.73 Å². The van der Waals surface area contributed by atoms with Crippen LogP contribution in [-0.2, 0) is 22.4 Å². The Morgan fingerprint density at radius 1 is 1.25 bits per heavy atom. The van der Waals surface area contributed by atoms with Crippen LogP contribution in [0.2, 0.25) is 0 Å². The van der Waals surface area contributed by atoms with E-state index in [2.05, 4.69) is 30.6 Å². The number of nitrogens with zero attached hydrogens (tertiary/aromatic N) is 2. The summed E-state index contributed by atoms with van der Waals surface area (Å²) in [6.07, 6.45) is 2.88. The molecule has 2 N–H and O–H groups in total. The predicted molar refractivity (Wildman–Crippen MR) is 81.0 cm³/mol. The summed E-state index contributed by atoms with van der Waals surface area (Å²) in [6, 6.07) is 0.224. The summed E-state index contributed by atoms with van der Waals surface area (Å²) >= 11 is 0. The van der Waals surface area contributed by atoms with E-state index >= 15 is 0 Å². The van der Waals surface area contributed by atoms with Gasteiger partial charge in [-0.15, -0.1) is 0 Å². The Morgan fingerprint density at radius 2 is 2.00 bits per heavy atom. The summed E-state index contributed by atoms with van der Waals surface area (Å²) in [7, 11) is 1.68. The second kappa shape index (κ2) is 9.10. The van der Waals surface area contributed by atoms with Crippen LogP contribution in [0.3, 0.4) is 0 Å². The van der Waals surface area contributed by atoms with Crippen molar-refractivity contribution in [2.24, 2.45) is 5.73 Å². The van der Waals surface area contributed by atoms with Crippen LogP contribution in [0.25, 0.3) is 0 Å². The van der Waals surface area contributed by atoms with Crippen LogP contribution in [-0.4, -0.2) is 42.8 Å². The summed E-state index contributed by atoms with van der Waals surface area (Å²) in [5, 5.41) is 4.61. The average Bonchev–Trinajstić information content (AvgIpc) is 2.70. The van der Waals surface area contributed by atoms with E-state index in [0.717, 1.165) is 38.1 Å². The molecule has 0 aliphatic carbocycles. The Morgan fingerprint density at radius 3 is 2.65 bits per heavy atom. The van der Waals surface area contributed by atoms with Gasteiger partial charge in [-0.05, 0) is 38.7 Å². The van der Waals surface area contributed by atoms with Crippen molar-refractivity contribution >= 4 is 0 Å². The van der Waals surface area contributed by atoms with E-state index in [1.165, 1.54) is 11.3 Å². The number of hydrogen-bond donors (Lipinski definition) is 1. The van der Waals surface area contributed by atoms with Gasteiger partial charge in [0.2, 0.25) is 0 Å². The summed E-state index contributed by atoms with van der Waals surface area (Å²) in [6.45, 7) is 9.26. The largest absolute Gasteiger partial charge is 0.382 e. The standard InChI is InChI=1S/C15H29N3O2/c1-5-14(16)11-15-12(2)17-18(13(15)3)7-6-8-20-10-9-19-4/h14H,5-11,16H2,1-4H3. The number of ether oxygens (including phenoxy) is 2. The van der Waals surface area contributed by atoms with Crippen molar-refractivity contribution in [2.45, 2.75) is 52.6 Å². The molecule has 1 heterocycles. The zero-order valence-corrected chi connectivity index (χ0v) is 13.3. The number of aromatic nitrogens is 2. The minimum Gasteiger partial charge on any atom is -0.382 e. The number of hydrogen-bond acceptors (Lipinski definition) is 4. The van der Waals surface area contributed by atoms with Gasteiger partial charge in [0, 0.05) is 32.0 Å². The molecule has 0 saturated heterocycles. The Hall–Kier alpha value is -0.910. The number of aryl methyl sites for hydroxylation is 2. The smallest absolute Gasteiger partial charge is 0.0700 e. The molecule has 0 fully saturated rings. The molecule has 0 amide bonds. The van der Waals surface area contributed by atoms with E-state index in [1.54, 1.807) is 7.11 Å². The van der Waals surface area contributed by atoms with Gasteiger partial charge in [0.05, 0.1) is 18.9 Å². The van der Waals surface area contributed by atoms with Gasteiger partial charge >= 0.3 is 0 Å². The van der Waals surface area contributed by atoms with E-state index in [4.69, 9.17) is 15.2 Å². The lowest BCUT2D eigenvalue weighted by Crippen LogP contribution is -2.22. The van der Waals surface area contributed by atoms with Crippen molar-refractivity contribution in [2.75, 3.05) is 26.9 Å². The van der Waals surface area contributed by atoms with Gasteiger partial charge in [0.15, 0.2) is 0 Å². The van der Waals surface area contributed by atoms with E-state index in [0.29, 0.717) is 13.2 Å². The minimum atomic E-state index is 0.224. The van der Waals surface area contributed by atoms with Crippen molar-refractivity contribution in [3.05, 3.63) is 17.0 Å². The van der Waals surface area contributed by atoms with Crippen molar-refractivity contribution in [3.63, 3.8) is 0 Å². The molecule has 0 bridgehead atoms. The normalized spacial score (nSPS) is 12.8. The third kappa shape index (κ3) is 5.23. The molecule has 1 unspecified atom stereocenters. The molecule has 1 rings (SSSR count). The third-order valence-electron chi connectivity index (χ3n) is 3.61. The predicted octanol–water partition coefficient (Wildman–Crippen LogP) is 1.83.